The van der Waals surface area contributed by atoms with Crippen LogP contribution in [0.2, 0.25) is 0 Å². The van der Waals surface area contributed by atoms with Crippen molar-refractivity contribution in [1.82, 2.24) is 5.32 Å². The Labute approximate surface area is 241 Å². The van der Waals surface area contributed by atoms with Crippen LogP contribution in [0.3, 0.4) is 0 Å². The molecular weight excluding hydrogens is 486 g/mol. The quantitative estimate of drug-likeness (QED) is 0.0586. The highest BCUT2D eigenvalue weighted by Crippen LogP contribution is 2.12. The van der Waals surface area contributed by atoms with E-state index in [2.05, 4.69) is 43.5 Å². The fourth-order valence-electron chi connectivity index (χ4n) is 4.60. The average molecular weight is 550 g/mol. The summed E-state index contributed by atoms with van der Waals surface area (Å²) in [5, 5.41) is 32.7. The van der Waals surface area contributed by atoms with Crippen LogP contribution in [0, 0.1) is 0 Å². The lowest BCUT2D eigenvalue weighted by molar-refractivity contribution is -0.124. The van der Waals surface area contributed by atoms with E-state index in [9.17, 15) is 20.1 Å². The number of nitrogens with one attached hydrogen (secondary N) is 1. The van der Waals surface area contributed by atoms with Crippen molar-refractivity contribution in [2.75, 3.05) is 6.61 Å². The lowest BCUT2D eigenvalue weighted by atomic mass is 10.0. The molecule has 0 spiro atoms. The Hall–Kier alpha value is -1.43. The summed E-state index contributed by atoms with van der Waals surface area (Å²) in [5.41, 5.74) is 0. The van der Waals surface area contributed by atoms with E-state index in [0.29, 0.717) is 6.42 Å². The molecule has 0 aromatic carbocycles. The second kappa shape index (κ2) is 29.6. The van der Waals surface area contributed by atoms with Crippen LogP contribution in [0.4, 0.5) is 0 Å². The molecule has 0 saturated heterocycles. The SMILES string of the molecule is CCCCCCCCC/C=C/CC/C=C/CC/C=C/C(O)C(CO)NC(=O)CC(O)CCCCCCCCC. The second-order valence-corrected chi connectivity index (χ2v) is 11.1. The third-order valence-electron chi connectivity index (χ3n) is 7.16. The van der Waals surface area contributed by atoms with E-state index < -0.39 is 18.2 Å². The monoisotopic (exact) mass is 549 g/mol. The van der Waals surface area contributed by atoms with Gasteiger partial charge in [0.1, 0.15) is 0 Å². The van der Waals surface area contributed by atoms with Gasteiger partial charge in [-0.05, 0) is 44.9 Å². The van der Waals surface area contributed by atoms with Crippen LogP contribution in [0.15, 0.2) is 36.5 Å². The molecule has 0 aliphatic carbocycles. The van der Waals surface area contributed by atoms with Crippen LogP contribution in [0.1, 0.15) is 149 Å². The zero-order valence-electron chi connectivity index (χ0n) is 25.5. The first kappa shape index (κ1) is 37.6. The van der Waals surface area contributed by atoms with Gasteiger partial charge in [0.05, 0.1) is 31.3 Å². The Kier molecular flexibility index (Phi) is 28.5. The number of carbonyl (C=O) groups excluding carboxylic acids is 1. The van der Waals surface area contributed by atoms with Gasteiger partial charge >= 0.3 is 0 Å². The summed E-state index contributed by atoms with van der Waals surface area (Å²) in [6.45, 7) is 4.11. The van der Waals surface area contributed by atoms with Crippen LogP contribution >= 0.6 is 0 Å². The molecule has 0 aromatic rings. The van der Waals surface area contributed by atoms with Gasteiger partial charge in [-0.15, -0.1) is 0 Å². The number of hydrogen-bond donors (Lipinski definition) is 4. The molecule has 0 aliphatic heterocycles. The van der Waals surface area contributed by atoms with Gasteiger partial charge in [-0.1, -0.05) is 134 Å². The number of rotatable bonds is 28. The number of aliphatic hydroxyl groups excluding tert-OH is 3. The molecule has 0 fully saturated rings. The minimum absolute atomic E-state index is 0.00186. The molecule has 4 N–H and O–H groups in total. The summed E-state index contributed by atoms with van der Waals surface area (Å²) in [4.78, 5) is 12.2. The van der Waals surface area contributed by atoms with Gasteiger partial charge in [-0.2, -0.15) is 0 Å². The number of aliphatic hydroxyl groups is 3. The fourth-order valence-corrected chi connectivity index (χ4v) is 4.60. The van der Waals surface area contributed by atoms with Gasteiger partial charge in [0, 0.05) is 0 Å². The highest BCUT2D eigenvalue weighted by Gasteiger charge is 2.19. The van der Waals surface area contributed by atoms with E-state index in [-0.39, 0.29) is 18.9 Å². The Morgan fingerprint density at radius 1 is 0.641 bits per heavy atom. The summed E-state index contributed by atoms with van der Waals surface area (Å²) >= 11 is 0. The van der Waals surface area contributed by atoms with Crippen LogP contribution in [0.5, 0.6) is 0 Å². The third-order valence-corrected chi connectivity index (χ3v) is 7.16. The Bertz CT molecular complexity index is 616. The Morgan fingerprint density at radius 3 is 1.64 bits per heavy atom. The van der Waals surface area contributed by atoms with E-state index in [1.165, 1.54) is 83.5 Å². The normalized spacial score (nSPS) is 14.5. The summed E-state index contributed by atoms with van der Waals surface area (Å²) in [5.74, 6) is -0.337. The molecule has 3 unspecified atom stereocenters. The molecule has 0 saturated carbocycles. The van der Waals surface area contributed by atoms with Crippen molar-refractivity contribution in [2.45, 2.75) is 167 Å². The predicted octanol–water partition coefficient (Wildman–Crippen LogP) is 8.09. The topological polar surface area (TPSA) is 89.8 Å². The highest BCUT2D eigenvalue weighted by atomic mass is 16.3. The van der Waals surface area contributed by atoms with Gasteiger partial charge in [0.2, 0.25) is 5.91 Å². The van der Waals surface area contributed by atoms with Crippen LogP contribution in [-0.4, -0.2) is 46.1 Å². The number of hydrogen-bond acceptors (Lipinski definition) is 4. The molecule has 0 bridgehead atoms. The summed E-state index contributed by atoms with van der Waals surface area (Å²) in [6.07, 6.45) is 34.2. The molecule has 1 amide bonds. The number of amides is 1. The predicted molar refractivity (Wildman–Crippen MR) is 167 cm³/mol. The molecule has 0 aliphatic rings. The molecule has 0 radical (unpaired) electrons. The van der Waals surface area contributed by atoms with Gasteiger partial charge in [0.15, 0.2) is 0 Å². The molecular formula is C34H63NO4. The lowest BCUT2D eigenvalue weighted by Crippen LogP contribution is -2.45. The van der Waals surface area contributed by atoms with Gasteiger partial charge < -0.3 is 20.6 Å². The molecule has 3 atom stereocenters. The average Bonchev–Trinajstić information content (AvgIpc) is 2.92. The maximum atomic E-state index is 12.2. The van der Waals surface area contributed by atoms with Crippen molar-refractivity contribution >= 4 is 5.91 Å². The van der Waals surface area contributed by atoms with Crippen molar-refractivity contribution in [3.63, 3.8) is 0 Å². The molecule has 0 heterocycles. The fraction of sp³-hybridized carbons (Fsp3) is 0.794. The molecule has 0 rings (SSSR count). The Morgan fingerprint density at radius 2 is 1.10 bits per heavy atom. The van der Waals surface area contributed by atoms with E-state index in [4.69, 9.17) is 0 Å². The molecule has 0 aromatic heterocycles. The standard InChI is InChI=1S/C34H63NO4/c1-3-5-7-9-11-12-13-14-15-16-17-18-19-20-22-24-26-28-33(38)32(30-36)35-34(39)29-31(37)27-25-23-21-10-8-6-4-2/h15-16,19-20,26,28,31-33,36-38H,3-14,17-18,21-25,27,29-30H2,1-2H3,(H,35,39)/b16-15+,20-19+,28-26+. The first-order valence-electron chi connectivity index (χ1n) is 16.3. The summed E-state index contributed by atoms with van der Waals surface area (Å²) < 4.78 is 0. The van der Waals surface area contributed by atoms with Crippen LogP contribution in [0.25, 0.3) is 0 Å². The van der Waals surface area contributed by atoms with E-state index >= 15 is 0 Å². The number of carbonyl (C=O) groups is 1. The van der Waals surface area contributed by atoms with Crippen molar-refractivity contribution in [1.29, 1.82) is 0 Å². The van der Waals surface area contributed by atoms with Crippen molar-refractivity contribution in [3.05, 3.63) is 36.5 Å². The molecule has 5 heteroatoms. The zero-order chi connectivity index (χ0) is 28.8. The van der Waals surface area contributed by atoms with E-state index in [1.54, 1.807) is 6.08 Å². The van der Waals surface area contributed by atoms with E-state index in [1.807, 2.05) is 6.08 Å². The summed E-state index contributed by atoms with van der Waals surface area (Å²) in [7, 11) is 0. The minimum atomic E-state index is -0.954. The third kappa shape index (κ3) is 26.6. The first-order chi connectivity index (χ1) is 19.0. The molecule has 39 heavy (non-hydrogen) atoms. The highest BCUT2D eigenvalue weighted by molar-refractivity contribution is 5.76. The summed E-state index contributed by atoms with van der Waals surface area (Å²) in [6, 6.07) is -0.761. The number of allylic oxidation sites excluding steroid dienone is 5. The van der Waals surface area contributed by atoms with Crippen molar-refractivity contribution in [3.8, 4) is 0 Å². The van der Waals surface area contributed by atoms with Gasteiger partial charge in [0.25, 0.3) is 0 Å². The van der Waals surface area contributed by atoms with E-state index in [0.717, 1.165) is 38.5 Å². The Balaban J connectivity index is 3.87. The van der Waals surface area contributed by atoms with Gasteiger partial charge in [-0.25, -0.2) is 0 Å². The number of unbranched alkanes of at least 4 members (excludes halogenated alkanes) is 15. The maximum absolute atomic E-state index is 12.2. The minimum Gasteiger partial charge on any atom is -0.394 e. The van der Waals surface area contributed by atoms with Crippen LogP contribution in [-0.2, 0) is 4.79 Å². The van der Waals surface area contributed by atoms with Crippen molar-refractivity contribution in [2.24, 2.45) is 0 Å². The largest absolute Gasteiger partial charge is 0.394 e. The first-order valence-corrected chi connectivity index (χ1v) is 16.3. The van der Waals surface area contributed by atoms with Crippen molar-refractivity contribution < 1.29 is 20.1 Å². The molecule has 5 nitrogen and oxygen atoms in total. The smallest absolute Gasteiger partial charge is 0.222 e. The zero-order valence-corrected chi connectivity index (χ0v) is 25.5. The van der Waals surface area contributed by atoms with Gasteiger partial charge in [-0.3, -0.25) is 4.79 Å². The second-order valence-electron chi connectivity index (χ2n) is 11.1. The molecule has 228 valence electrons. The maximum Gasteiger partial charge on any atom is 0.222 e. The lowest BCUT2D eigenvalue weighted by Gasteiger charge is -2.20. The van der Waals surface area contributed by atoms with Crippen LogP contribution < -0.4 is 5.32 Å².